The van der Waals surface area contributed by atoms with E-state index in [-0.39, 0.29) is 36.0 Å². The quantitative estimate of drug-likeness (QED) is 0.431. The van der Waals surface area contributed by atoms with Crippen molar-refractivity contribution >= 4 is 29.9 Å². The number of hydrogen-bond acceptors (Lipinski definition) is 2. The fourth-order valence-electron chi connectivity index (χ4n) is 2.58. The number of hydrogen-bond donors (Lipinski definition) is 2. The molecule has 2 rings (SSSR count). The molecule has 0 amide bonds. The second kappa shape index (κ2) is 9.36. The van der Waals surface area contributed by atoms with Gasteiger partial charge in [0.25, 0.3) is 0 Å². The minimum Gasteiger partial charge on any atom is -0.391 e. The minimum absolute atomic E-state index is 0. The summed E-state index contributed by atoms with van der Waals surface area (Å²) in [5.74, 6) is -0.532. The zero-order chi connectivity index (χ0) is 16.1. The Kier molecular flexibility index (Phi) is 8.18. The standard InChI is InChI=1S/C16H23F2N3O.HI/c1-3-19-16(21-7-6-13(22)10-21)20-9-11(2)14-5-4-12(17)8-15(14)18;/h4-5,8,11,13,22H,3,6-7,9-10H2,1-2H3,(H,19,20);1H/t11?,13-;/m1./s1. The summed E-state index contributed by atoms with van der Waals surface area (Å²) >= 11 is 0. The van der Waals surface area contributed by atoms with E-state index in [0.29, 0.717) is 18.7 Å². The average Bonchev–Trinajstić information content (AvgIpc) is 2.89. The van der Waals surface area contributed by atoms with Crippen molar-refractivity contribution in [3.8, 4) is 0 Å². The molecule has 7 heteroatoms. The first-order chi connectivity index (χ1) is 10.5. The van der Waals surface area contributed by atoms with Gasteiger partial charge in [-0.2, -0.15) is 0 Å². The van der Waals surface area contributed by atoms with E-state index >= 15 is 0 Å². The van der Waals surface area contributed by atoms with E-state index < -0.39 is 11.6 Å². The second-order valence-corrected chi connectivity index (χ2v) is 5.65. The lowest BCUT2D eigenvalue weighted by Gasteiger charge is -2.21. The van der Waals surface area contributed by atoms with Crippen LogP contribution in [0.3, 0.4) is 0 Å². The second-order valence-electron chi connectivity index (χ2n) is 5.65. The zero-order valence-corrected chi connectivity index (χ0v) is 15.8. The fourth-order valence-corrected chi connectivity index (χ4v) is 2.58. The highest BCUT2D eigenvalue weighted by atomic mass is 127. The van der Waals surface area contributed by atoms with Crippen LogP contribution in [-0.2, 0) is 0 Å². The van der Waals surface area contributed by atoms with E-state index in [2.05, 4.69) is 10.3 Å². The lowest BCUT2D eigenvalue weighted by molar-refractivity contribution is 0.188. The van der Waals surface area contributed by atoms with Crippen molar-refractivity contribution in [2.45, 2.75) is 32.3 Å². The van der Waals surface area contributed by atoms with Gasteiger partial charge in [-0.05, 0) is 25.0 Å². The molecule has 0 aromatic heterocycles. The molecule has 0 aliphatic carbocycles. The first-order valence-electron chi connectivity index (χ1n) is 7.67. The van der Waals surface area contributed by atoms with Crippen molar-refractivity contribution < 1.29 is 13.9 Å². The van der Waals surface area contributed by atoms with Crippen molar-refractivity contribution in [3.63, 3.8) is 0 Å². The number of rotatable bonds is 4. The predicted octanol–water partition coefficient (Wildman–Crippen LogP) is 2.72. The van der Waals surface area contributed by atoms with E-state index in [9.17, 15) is 13.9 Å². The fraction of sp³-hybridized carbons (Fsp3) is 0.562. The monoisotopic (exact) mass is 439 g/mol. The predicted molar refractivity (Wildman–Crippen MR) is 98.4 cm³/mol. The maximum absolute atomic E-state index is 13.8. The summed E-state index contributed by atoms with van der Waals surface area (Å²) in [6.45, 7) is 6.28. The molecule has 2 atom stereocenters. The van der Waals surface area contributed by atoms with Gasteiger partial charge in [0.1, 0.15) is 11.6 Å². The highest BCUT2D eigenvalue weighted by molar-refractivity contribution is 14.0. The third kappa shape index (κ3) is 5.56. The van der Waals surface area contributed by atoms with Crippen molar-refractivity contribution in [3.05, 3.63) is 35.4 Å². The van der Waals surface area contributed by atoms with Crippen LogP contribution in [0.4, 0.5) is 8.78 Å². The molecule has 1 unspecified atom stereocenters. The summed E-state index contributed by atoms with van der Waals surface area (Å²) in [7, 11) is 0. The topological polar surface area (TPSA) is 47.9 Å². The number of aliphatic imine (C=N–C) groups is 1. The van der Waals surface area contributed by atoms with Gasteiger partial charge in [0.05, 0.1) is 6.10 Å². The van der Waals surface area contributed by atoms with Gasteiger partial charge in [-0.1, -0.05) is 13.0 Å². The molecule has 1 aliphatic heterocycles. The Hall–Kier alpha value is -0.960. The van der Waals surface area contributed by atoms with Crippen LogP contribution in [0, 0.1) is 11.6 Å². The van der Waals surface area contributed by atoms with Crippen molar-refractivity contribution in [2.75, 3.05) is 26.2 Å². The van der Waals surface area contributed by atoms with Crippen molar-refractivity contribution in [2.24, 2.45) is 4.99 Å². The number of aliphatic hydroxyl groups is 1. The molecule has 23 heavy (non-hydrogen) atoms. The molecule has 1 aliphatic rings. The molecule has 0 spiro atoms. The molecular weight excluding hydrogens is 415 g/mol. The molecule has 130 valence electrons. The number of aliphatic hydroxyl groups excluding tert-OH is 1. The van der Waals surface area contributed by atoms with E-state index in [1.165, 1.54) is 12.1 Å². The van der Waals surface area contributed by atoms with Gasteiger partial charge in [0.2, 0.25) is 0 Å². The molecule has 1 fully saturated rings. The Bertz CT molecular complexity index is 542. The molecule has 2 N–H and O–H groups in total. The van der Waals surface area contributed by atoms with Gasteiger partial charge < -0.3 is 15.3 Å². The Balaban J connectivity index is 0.00000264. The maximum atomic E-state index is 13.8. The number of benzene rings is 1. The van der Waals surface area contributed by atoms with E-state index in [1.807, 2.05) is 18.7 Å². The van der Waals surface area contributed by atoms with Crippen LogP contribution in [0.2, 0.25) is 0 Å². The largest absolute Gasteiger partial charge is 0.391 e. The van der Waals surface area contributed by atoms with Crippen molar-refractivity contribution in [1.29, 1.82) is 0 Å². The number of nitrogens with zero attached hydrogens (tertiary/aromatic N) is 2. The highest BCUT2D eigenvalue weighted by Crippen LogP contribution is 2.20. The summed E-state index contributed by atoms with van der Waals surface area (Å²) in [6, 6.07) is 3.63. The third-order valence-electron chi connectivity index (χ3n) is 3.81. The molecule has 0 saturated carbocycles. The van der Waals surface area contributed by atoms with Gasteiger partial charge in [0.15, 0.2) is 5.96 Å². The summed E-state index contributed by atoms with van der Waals surface area (Å²) in [4.78, 5) is 6.53. The number of β-amino-alcohol motifs (C(OH)–C–C–N with tert-alkyl or cyclic N) is 1. The molecule has 0 bridgehead atoms. The SMILES string of the molecule is CCNC(=NCC(C)c1ccc(F)cc1F)N1CC[C@@H](O)C1.I. The number of halogens is 3. The minimum atomic E-state index is -0.573. The Morgan fingerprint density at radius 1 is 1.48 bits per heavy atom. The van der Waals surface area contributed by atoms with Crippen LogP contribution in [0.5, 0.6) is 0 Å². The summed E-state index contributed by atoms with van der Waals surface area (Å²) in [5.41, 5.74) is 0.461. The Morgan fingerprint density at radius 3 is 2.78 bits per heavy atom. The Labute approximate surface area is 153 Å². The van der Waals surface area contributed by atoms with Gasteiger partial charge in [-0.3, -0.25) is 4.99 Å². The lowest BCUT2D eigenvalue weighted by Crippen LogP contribution is -2.40. The van der Waals surface area contributed by atoms with Crippen LogP contribution >= 0.6 is 24.0 Å². The van der Waals surface area contributed by atoms with Gasteiger partial charge in [-0.15, -0.1) is 24.0 Å². The number of nitrogens with one attached hydrogen (secondary N) is 1. The van der Waals surface area contributed by atoms with Crippen LogP contribution in [0.25, 0.3) is 0 Å². The van der Waals surface area contributed by atoms with Crippen LogP contribution < -0.4 is 5.32 Å². The molecule has 1 aromatic rings. The third-order valence-corrected chi connectivity index (χ3v) is 3.81. The lowest BCUT2D eigenvalue weighted by atomic mass is 10.0. The zero-order valence-electron chi connectivity index (χ0n) is 13.4. The summed E-state index contributed by atoms with van der Waals surface area (Å²) < 4.78 is 26.7. The molecule has 1 saturated heterocycles. The smallest absolute Gasteiger partial charge is 0.194 e. The molecular formula is C16H24F2IN3O. The maximum Gasteiger partial charge on any atom is 0.194 e. The van der Waals surface area contributed by atoms with Crippen LogP contribution in [0.15, 0.2) is 23.2 Å². The summed E-state index contributed by atoms with van der Waals surface area (Å²) in [5, 5.41) is 12.8. The molecule has 4 nitrogen and oxygen atoms in total. The van der Waals surface area contributed by atoms with Crippen LogP contribution in [0.1, 0.15) is 31.7 Å². The normalized spacial score (nSPS) is 19.4. The van der Waals surface area contributed by atoms with Crippen LogP contribution in [-0.4, -0.2) is 48.2 Å². The van der Waals surface area contributed by atoms with Gasteiger partial charge in [0, 0.05) is 38.2 Å². The highest BCUT2D eigenvalue weighted by Gasteiger charge is 2.23. The summed E-state index contributed by atoms with van der Waals surface area (Å²) in [6.07, 6.45) is 0.405. The first kappa shape index (κ1) is 20.1. The molecule has 0 radical (unpaired) electrons. The van der Waals surface area contributed by atoms with Gasteiger partial charge >= 0.3 is 0 Å². The first-order valence-corrected chi connectivity index (χ1v) is 7.67. The van der Waals surface area contributed by atoms with E-state index in [4.69, 9.17) is 0 Å². The van der Waals surface area contributed by atoms with E-state index in [0.717, 1.165) is 31.5 Å². The van der Waals surface area contributed by atoms with E-state index in [1.54, 1.807) is 0 Å². The Morgan fingerprint density at radius 2 is 2.22 bits per heavy atom. The number of guanidine groups is 1. The molecule has 1 aromatic carbocycles. The number of likely N-dealkylation sites (tertiary alicyclic amines) is 1. The molecule has 1 heterocycles. The van der Waals surface area contributed by atoms with Crippen molar-refractivity contribution in [1.82, 2.24) is 10.2 Å². The average molecular weight is 439 g/mol. The van der Waals surface area contributed by atoms with Gasteiger partial charge in [-0.25, -0.2) is 8.78 Å².